The molecule has 2 aromatic heterocycles. The molecule has 168 valence electrons. The zero-order chi connectivity index (χ0) is 22.8. The molecule has 0 bridgehead atoms. The van der Waals surface area contributed by atoms with Crippen molar-refractivity contribution in [2.75, 3.05) is 38.5 Å². The van der Waals surface area contributed by atoms with Crippen LogP contribution in [0.1, 0.15) is 21.5 Å². The van der Waals surface area contributed by atoms with Crippen LogP contribution >= 0.6 is 0 Å². The number of amides is 1. The Bertz CT molecular complexity index is 1270. The molecular weight excluding hydrogens is 410 g/mol. The summed E-state index contributed by atoms with van der Waals surface area (Å²) in [5.41, 5.74) is 6.67. The van der Waals surface area contributed by atoms with Crippen LogP contribution in [-0.2, 0) is 6.54 Å². The summed E-state index contributed by atoms with van der Waals surface area (Å²) in [6, 6.07) is 19.9. The molecule has 33 heavy (non-hydrogen) atoms. The second-order valence-corrected chi connectivity index (χ2v) is 8.83. The number of hydrogen-bond donors (Lipinski definition) is 1. The Morgan fingerprint density at radius 2 is 1.79 bits per heavy atom. The predicted octanol–water partition coefficient (Wildman–Crippen LogP) is 4.31. The Morgan fingerprint density at radius 3 is 2.58 bits per heavy atom. The summed E-state index contributed by atoms with van der Waals surface area (Å²) >= 11 is 0. The molecule has 1 N–H and O–H groups in total. The molecule has 3 heterocycles. The number of aryl methyl sites for hydroxylation is 1. The zero-order valence-corrected chi connectivity index (χ0v) is 19.2. The Morgan fingerprint density at radius 1 is 1.00 bits per heavy atom. The number of nitrogens with one attached hydrogen (secondary N) is 1. The molecule has 1 aliphatic heterocycles. The van der Waals surface area contributed by atoms with Crippen molar-refractivity contribution in [1.82, 2.24) is 19.2 Å². The van der Waals surface area contributed by atoms with E-state index in [4.69, 9.17) is 0 Å². The van der Waals surface area contributed by atoms with E-state index in [0.29, 0.717) is 5.56 Å². The maximum absolute atomic E-state index is 13.0. The van der Waals surface area contributed by atoms with Gasteiger partial charge in [-0.15, -0.1) is 0 Å². The maximum atomic E-state index is 13.0. The number of likely N-dealkylation sites (N-methyl/N-ethyl adjacent to an activating group) is 1. The highest BCUT2D eigenvalue weighted by Gasteiger charge is 2.15. The molecule has 5 rings (SSSR count). The lowest BCUT2D eigenvalue weighted by molar-refractivity contribution is 0.102. The van der Waals surface area contributed by atoms with Crippen LogP contribution in [0, 0.1) is 6.92 Å². The van der Waals surface area contributed by atoms with E-state index >= 15 is 0 Å². The molecule has 2 aromatic carbocycles. The lowest BCUT2D eigenvalue weighted by Gasteiger charge is -2.32. The van der Waals surface area contributed by atoms with E-state index in [2.05, 4.69) is 46.2 Å². The van der Waals surface area contributed by atoms with Crippen LogP contribution in [0.25, 0.3) is 16.9 Å². The SMILES string of the molecule is Cc1ccc(C(=O)Nc2ccc(CN3CCN(C)CC3)cc2)cc1-c1cnc2ccccn12. The quantitative estimate of drug-likeness (QED) is 0.504. The maximum Gasteiger partial charge on any atom is 0.255 e. The highest BCUT2D eigenvalue weighted by Crippen LogP contribution is 2.26. The third-order valence-corrected chi connectivity index (χ3v) is 6.41. The fourth-order valence-corrected chi connectivity index (χ4v) is 4.33. The van der Waals surface area contributed by atoms with Crippen LogP contribution in [0.5, 0.6) is 0 Å². The Balaban J connectivity index is 1.29. The normalized spacial score (nSPS) is 15.1. The van der Waals surface area contributed by atoms with E-state index in [9.17, 15) is 4.79 Å². The van der Waals surface area contributed by atoms with E-state index in [1.807, 2.05) is 65.3 Å². The number of pyridine rings is 1. The number of benzene rings is 2. The van der Waals surface area contributed by atoms with Gasteiger partial charge in [-0.1, -0.05) is 24.3 Å². The number of rotatable bonds is 5. The van der Waals surface area contributed by atoms with Crippen molar-refractivity contribution in [3.63, 3.8) is 0 Å². The Labute approximate surface area is 194 Å². The first kappa shape index (κ1) is 21.4. The first-order chi connectivity index (χ1) is 16.1. The lowest BCUT2D eigenvalue weighted by Crippen LogP contribution is -2.43. The third-order valence-electron chi connectivity index (χ3n) is 6.41. The first-order valence-corrected chi connectivity index (χ1v) is 11.4. The smallest absolute Gasteiger partial charge is 0.255 e. The third kappa shape index (κ3) is 4.67. The van der Waals surface area contributed by atoms with Crippen LogP contribution in [0.2, 0.25) is 0 Å². The van der Waals surface area contributed by atoms with Gasteiger partial charge in [-0.05, 0) is 61.5 Å². The van der Waals surface area contributed by atoms with Gasteiger partial charge in [0.05, 0.1) is 11.9 Å². The van der Waals surface area contributed by atoms with Crippen molar-refractivity contribution in [1.29, 1.82) is 0 Å². The highest BCUT2D eigenvalue weighted by atomic mass is 16.1. The number of carbonyl (C=O) groups excluding carboxylic acids is 1. The Hall–Kier alpha value is -3.48. The lowest BCUT2D eigenvalue weighted by atomic mass is 10.0. The zero-order valence-electron chi connectivity index (χ0n) is 19.2. The summed E-state index contributed by atoms with van der Waals surface area (Å²) in [6.45, 7) is 7.42. The van der Waals surface area contributed by atoms with Crippen molar-refractivity contribution in [3.05, 3.63) is 89.7 Å². The number of aromatic nitrogens is 2. The monoisotopic (exact) mass is 439 g/mol. The largest absolute Gasteiger partial charge is 0.322 e. The number of carbonyl (C=O) groups is 1. The first-order valence-electron chi connectivity index (χ1n) is 11.4. The van der Waals surface area contributed by atoms with Crippen LogP contribution in [-0.4, -0.2) is 58.3 Å². The van der Waals surface area contributed by atoms with Crippen LogP contribution in [0.4, 0.5) is 5.69 Å². The van der Waals surface area contributed by atoms with Gasteiger partial charge < -0.3 is 10.2 Å². The molecule has 0 spiro atoms. The number of imidazole rings is 1. The molecule has 1 aliphatic rings. The predicted molar refractivity (Wildman–Crippen MR) is 133 cm³/mol. The number of hydrogen-bond acceptors (Lipinski definition) is 4. The summed E-state index contributed by atoms with van der Waals surface area (Å²) in [5, 5.41) is 3.04. The molecule has 1 amide bonds. The van der Waals surface area contributed by atoms with Crippen molar-refractivity contribution < 1.29 is 4.79 Å². The van der Waals surface area contributed by atoms with E-state index in [1.165, 1.54) is 5.56 Å². The number of nitrogens with zero attached hydrogens (tertiary/aromatic N) is 4. The summed E-state index contributed by atoms with van der Waals surface area (Å²) in [4.78, 5) is 22.3. The molecule has 4 aromatic rings. The summed E-state index contributed by atoms with van der Waals surface area (Å²) in [7, 11) is 2.17. The molecule has 1 saturated heterocycles. The van der Waals surface area contributed by atoms with Crippen molar-refractivity contribution in [2.45, 2.75) is 13.5 Å². The molecule has 6 nitrogen and oxygen atoms in total. The molecule has 0 aliphatic carbocycles. The van der Waals surface area contributed by atoms with Gasteiger partial charge in [0.15, 0.2) is 0 Å². The van der Waals surface area contributed by atoms with Gasteiger partial charge in [-0.25, -0.2) is 4.98 Å². The summed E-state index contributed by atoms with van der Waals surface area (Å²) < 4.78 is 2.04. The molecule has 0 unspecified atom stereocenters. The van der Waals surface area contributed by atoms with Crippen molar-refractivity contribution in [3.8, 4) is 11.3 Å². The second kappa shape index (κ2) is 9.17. The average molecular weight is 440 g/mol. The molecule has 0 saturated carbocycles. The molecule has 6 heteroatoms. The Kier molecular flexibility index (Phi) is 5.94. The fourth-order valence-electron chi connectivity index (χ4n) is 4.33. The van der Waals surface area contributed by atoms with E-state index in [-0.39, 0.29) is 5.91 Å². The topological polar surface area (TPSA) is 52.9 Å². The standard InChI is InChI=1S/C27H29N5O/c1-20-6-9-22(17-24(20)25-18-28-26-5-3-4-12-32(25)26)27(33)29-23-10-7-21(8-11-23)19-31-15-13-30(2)14-16-31/h3-12,17-18H,13-16,19H2,1-2H3,(H,29,33). The van der Waals surface area contributed by atoms with Gasteiger partial charge in [-0.2, -0.15) is 0 Å². The molecule has 0 radical (unpaired) electrons. The van der Waals surface area contributed by atoms with Crippen LogP contribution < -0.4 is 5.32 Å². The van der Waals surface area contributed by atoms with Gasteiger partial charge in [0.1, 0.15) is 5.65 Å². The van der Waals surface area contributed by atoms with Gasteiger partial charge >= 0.3 is 0 Å². The van der Waals surface area contributed by atoms with Crippen molar-refractivity contribution >= 4 is 17.2 Å². The fraction of sp³-hybridized carbons (Fsp3) is 0.259. The van der Waals surface area contributed by atoms with Crippen LogP contribution in [0.15, 0.2) is 73.1 Å². The van der Waals surface area contributed by atoms with E-state index in [0.717, 1.165) is 60.9 Å². The molecule has 0 atom stereocenters. The van der Waals surface area contributed by atoms with Crippen molar-refractivity contribution in [2.24, 2.45) is 0 Å². The number of fused-ring (bicyclic) bond motifs is 1. The minimum Gasteiger partial charge on any atom is -0.322 e. The molecular formula is C27H29N5O. The second-order valence-electron chi connectivity index (χ2n) is 8.83. The number of anilines is 1. The van der Waals surface area contributed by atoms with Gasteiger partial charge in [0, 0.05) is 55.7 Å². The van der Waals surface area contributed by atoms with E-state index < -0.39 is 0 Å². The van der Waals surface area contributed by atoms with Gasteiger partial charge in [0.2, 0.25) is 0 Å². The van der Waals surface area contributed by atoms with Gasteiger partial charge in [0.25, 0.3) is 5.91 Å². The highest BCUT2D eigenvalue weighted by molar-refractivity contribution is 6.05. The molecule has 1 fully saturated rings. The average Bonchev–Trinajstić information content (AvgIpc) is 3.26. The summed E-state index contributed by atoms with van der Waals surface area (Å²) in [6.07, 6.45) is 3.85. The minimum absolute atomic E-state index is 0.114. The van der Waals surface area contributed by atoms with Crippen LogP contribution in [0.3, 0.4) is 0 Å². The summed E-state index contributed by atoms with van der Waals surface area (Å²) in [5.74, 6) is -0.114. The van der Waals surface area contributed by atoms with E-state index in [1.54, 1.807) is 0 Å². The number of piperazine rings is 1. The minimum atomic E-state index is -0.114. The van der Waals surface area contributed by atoms with Gasteiger partial charge in [-0.3, -0.25) is 14.1 Å².